The summed E-state index contributed by atoms with van der Waals surface area (Å²) in [4.78, 5) is 34.1. The Morgan fingerprint density at radius 1 is 1.12 bits per heavy atom. The van der Waals surface area contributed by atoms with Gasteiger partial charge in [-0.3, -0.25) is 9.78 Å². The Kier molecular flexibility index (Phi) is 5.78. The second-order valence-corrected chi connectivity index (χ2v) is 6.20. The Balaban J connectivity index is 1.48. The fourth-order valence-electron chi connectivity index (χ4n) is 2.88. The maximum atomic E-state index is 12.1. The molecule has 1 amide bonds. The molecule has 2 aromatic heterocycles. The van der Waals surface area contributed by atoms with Gasteiger partial charge in [-0.2, -0.15) is 0 Å². The van der Waals surface area contributed by atoms with Crippen molar-refractivity contribution in [3.05, 3.63) is 53.6 Å². The molecule has 0 saturated carbocycles. The van der Waals surface area contributed by atoms with Gasteiger partial charge in [0.05, 0.1) is 37.7 Å². The predicted molar refractivity (Wildman–Crippen MR) is 96.8 cm³/mol. The van der Waals surface area contributed by atoms with Gasteiger partial charge < -0.3 is 15.0 Å². The average molecular weight is 354 g/mol. The van der Waals surface area contributed by atoms with Crippen LogP contribution in [0, 0.1) is 0 Å². The first-order valence-corrected chi connectivity index (χ1v) is 8.65. The highest BCUT2D eigenvalue weighted by Gasteiger charge is 2.12. The van der Waals surface area contributed by atoms with Crippen LogP contribution in [-0.4, -0.2) is 42.0 Å². The lowest BCUT2D eigenvalue weighted by atomic mass is 10.2. The zero-order valence-electron chi connectivity index (χ0n) is 14.8. The van der Waals surface area contributed by atoms with Gasteiger partial charge in [0, 0.05) is 19.3 Å². The Hall–Kier alpha value is -2.96. The van der Waals surface area contributed by atoms with E-state index in [1.54, 1.807) is 12.1 Å². The first-order valence-electron chi connectivity index (χ1n) is 8.65. The largest absolute Gasteiger partial charge is 0.464 e. The van der Waals surface area contributed by atoms with E-state index in [4.69, 9.17) is 0 Å². The fourth-order valence-corrected chi connectivity index (χ4v) is 2.88. The SMILES string of the molecule is COC(=O)c1ccc(CC(=O)NCc2ccc(N3CCCC3)cn2)cn1. The number of ether oxygens (including phenoxy) is 1. The fraction of sp³-hybridized carbons (Fsp3) is 0.368. The number of methoxy groups -OCH3 is 1. The zero-order chi connectivity index (χ0) is 18.4. The van der Waals surface area contributed by atoms with Crippen molar-refractivity contribution in [1.29, 1.82) is 0 Å². The summed E-state index contributed by atoms with van der Waals surface area (Å²) in [5.74, 6) is -0.618. The highest BCUT2D eigenvalue weighted by molar-refractivity contribution is 5.87. The number of amides is 1. The first kappa shape index (κ1) is 17.8. The summed E-state index contributed by atoms with van der Waals surface area (Å²) >= 11 is 0. The van der Waals surface area contributed by atoms with Gasteiger partial charge in [0.25, 0.3) is 0 Å². The maximum Gasteiger partial charge on any atom is 0.356 e. The molecule has 136 valence electrons. The van der Waals surface area contributed by atoms with Gasteiger partial charge in [-0.05, 0) is 36.6 Å². The second-order valence-electron chi connectivity index (χ2n) is 6.20. The molecule has 3 rings (SSSR count). The van der Waals surface area contributed by atoms with Gasteiger partial charge in [-0.1, -0.05) is 6.07 Å². The smallest absolute Gasteiger partial charge is 0.356 e. The lowest BCUT2D eigenvalue weighted by Crippen LogP contribution is -2.25. The molecule has 7 nitrogen and oxygen atoms in total. The number of hydrogen-bond donors (Lipinski definition) is 1. The number of rotatable bonds is 6. The van der Waals surface area contributed by atoms with Crippen molar-refractivity contribution >= 4 is 17.6 Å². The van der Waals surface area contributed by atoms with E-state index >= 15 is 0 Å². The molecule has 1 aliphatic heterocycles. The summed E-state index contributed by atoms with van der Waals surface area (Å²) in [6.07, 6.45) is 6.03. The molecule has 0 aliphatic carbocycles. The summed E-state index contributed by atoms with van der Waals surface area (Å²) in [6.45, 7) is 2.55. The van der Waals surface area contributed by atoms with Gasteiger partial charge in [-0.15, -0.1) is 0 Å². The molecule has 2 aromatic rings. The number of carbonyl (C=O) groups is 2. The average Bonchev–Trinajstić information content (AvgIpc) is 3.21. The van der Waals surface area contributed by atoms with Gasteiger partial charge in [-0.25, -0.2) is 9.78 Å². The van der Waals surface area contributed by atoms with Crippen LogP contribution in [0.3, 0.4) is 0 Å². The van der Waals surface area contributed by atoms with Crippen molar-refractivity contribution in [3.8, 4) is 0 Å². The molecular formula is C19H22N4O3. The summed E-state index contributed by atoms with van der Waals surface area (Å²) in [5.41, 5.74) is 2.90. The lowest BCUT2D eigenvalue weighted by Gasteiger charge is -2.17. The first-order chi connectivity index (χ1) is 12.7. The van der Waals surface area contributed by atoms with Crippen LogP contribution >= 0.6 is 0 Å². The maximum absolute atomic E-state index is 12.1. The Bertz CT molecular complexity index is 753. The number of hydrogen-bond acceptors (Lipinski definition) is 6. The molecule has 0 spiro atoms. The number of esters is 1. The number of anilines is 1. The molecule has 26 heavy (non-hydrogen) atoms. The molecular weight excluding hydrogens is 332 g/mol. The van der Waals surface area contributed by atoms with E-state index in [0.717, 1.165) is 30.0 Å². The van der Waals surface area contributed by atoms with Crippen molar-refractivity contribution in [2.24, 2.45) is 0 Å². The highest BCUT2D eigenvalue weighted by atomic mass is 16.5. The number of nitrogens with zero attached hydrogens (tertiary/aromatic N) is 3. The molecule has 0 unspecified atom stereocenters. The van der Waals surface area contributed by atoms with Crippen LogP contribution in [0.25, 0.3) is 0 Å². The molecule has 0 atom stereocenters. The molecule has 7 heteroatoms. The monoisotopic (exact) mass is 354 g/mol. The Morgan fingerprint density at radius 3 is 2.54 bits per heavy atom. The van der Waals surface area contributed by atoms with Crippen LogP contribution in [0.15, 0.2) is 36.7 Å². The van der Waals surface area contributed by atoms with Crippen molar-refractivity contribution < 1.29 is 14.3 Å². The number of nitrogens with one attached hydrogen (secondary N) is 1. The van der Waals surface area contributed by atoms with Crippen LogP contribution in [0.2, 0.25) is 0 Å². The van der Waals surface area contributed by atoms with E-state index in [2.05, 4.69) is 31.0 Å². The normalized spacial score (nSPS) is 13.5. The van der Waals surface area contributed by atoms with Gasteiger partial charge in [0.2, 0.25) is 5.91 Å². The number of aromatic nitrogens is 2. The lowest BCUT2D eigenvalue weighted by molar-refractivity contribution is -0.120. The number of carbonyl (C=O) groups excluding carboxylic acids is 2. The molecule has 0 radical (unpaired) electrons. The second kappa shape index (κ2) is 8.42. The summed E-state index contributed by atoms with van der Waals surface area (Å²) in [7, 11) is 1.30. The van der Waals surface area contributed by atoms with Crippen LogP contribution in [0.4, 0.5) is 5.69 Å². The molecule has 0 aromatic carbocycles. The molecule has 1 fully saturated rings. The summed E-state index contributed by atoms with van der Waals surface area (Å²) < 4.78 is 4.59. The highest BCUT2D eigenvalue weighted by Crippen LogP contribution is 2.18. The third-order valence-corrected chi connectivity index (χ3v) is 4.33. The molecule has 3 heterocycles. The summed E-state index contributed by atoms with van der Waals surface area (Å²) in [6, 6.07) is 7.24. The van der Waals surface area contributed by atoms with E-state index in [1.807, 2.05) is 12.3 Å². The van der Waals surface area contributed by atoms with Crippen LogP contribution in [-0.2, 0) is 22.5 Å². The van der Waals surface area contributed by atoms with Crippen molar-refractivity contribution in [1.82, 2.24) is 15.3 Å². The third-order valence-electron chi connectivity index (χ3n) is 4.33. The predicted octanol–water partition coefficient (Wildman–Crippen LogP) is 1.72. The molecule has 1 aliphatic rings. The quantitative estimate of drug-likeness (QED) is 0.795. The van der Waals surface area contributed by atoms with Crippen LogP contribution in [0.1, 0.15) is 34.6 Å². The van der Waals surface area contributed by atoms with Crippen LogP contribution in [0.5, 0.6) is 0 Å². The van der Waals surface area contributed by atoms with E-state index in [-0.39, 0.29) is 18.0 Å². The van der Waals surface area contributed by atoms with E-state index in [0.29, 0.717) is 6.54 Å². The Morgan fingerprint density at radius 2 is 1.92 bits per heavy atom. The van der Waals surface area contributed by atoms with Crippen molar-refractivity contribution in [3.63, 3.8) is 0 Å². The standard InChI is InChI=1S/C19H22N4O3/c1-26-19(25)17-7-4-14(11-21-17)10-18(24)22-12-15-5-6-16(13-20-15)23-8-2-3-9-23/h4-7,11,13H,2-3,8-10,12H2,1H3,(H,22,24). The molecule has 0 bridgehead atoms. The zero-order valence-corrected chi connectivity index (χ0v) is 14.8. The van der Waals surface area contributed by atoms with Crippen molar-refractivity contribution in [2.45, 2.75) is 25.8 Å². The summed E-state index contributed by atoms with van der Waals surface area (Å²) in [5, 5.41) is 2.85. The Labute approximate surface area is 152 Å². The third kappa shape index (κ3) is 4.56. The van der Waals surface area contributed by atoms with Gasteiger partial charge in [0.15, 0.2) is 0 Å². The van der Waals surface area contributed by atoms with E-state index in [1.165, 1.54) is 26.1 Å². The number of pyridine rings is 2. The molecule has 1 N–H and O–H groups in total. The van der Waals surface area contributed by atoms with Gasteiger partial charge in [0.1, 0.15) is 5.69 Å². The topological polar surface area (TPSA) is 84.4 Å². The minimum atomic E-state index is -0.496. The van der Waals surface area contributed by atoms with E-state index < -0.39 is 5.97 Å². The minimum absolute atomic E-state index is 0.122. The van der Waals surface area contributed by atoms with Gasteiger partial charge >= 0.3 is 5.97 Å². The van der Waals surface area contributed by atoms with Crippen molar-refractivity contribution in [2.75, 3.05) is 25.1 Å². The molecule has 1 saturated heterocycles. The minimum Gasteiger partial charge on any atom is -0.464 e. The van der Waals surface area contributed by atoms with E-state index in [9.17, 15) is 9.59 Å². The van der Waals surface area contributed by atoms with Crippen LogP contribution < -0.4 is 10.2 Å².